The molecule has 5 heterocycles. The second-order valence-corrected chi connectivity index (χ2v) is 20.9. The molecule has 5 fully saturated rings. The van der Waals surface area contributed by atoms with Crippen LogP contribution in [0.2, 0.25) is 0 Å². The van der Waals surface area contributed by atoms with Crippen molar-refractivity contribution < 1.29 is 0 Å². The molecule has 5 aliphatic rings. The van der Waals surface area contributed by atoms with Crippen molar-refractivity contribution in [3.8, 4) is 0 Å². The summed E-state index contributed by atoms with van der Waals surface area (Å²) in [5, 5.41) is 0. The number of likely N-dealkylation sites (N-methyl/N-ethyl adjacent to an activating group) is 3. The normalized spacial score (nSPS) is 23.6. The molecule has 5 saturated heterocycles. The van der Waals surface area contributed by atoms with Gasteiger partial charge in [-0.2, -0.15) is 0 Å². The zero-order chi connectivity index (χ0) is 49.3. The fraction of sp³-hybridized carbons (Fsp3) is 1.00. The molecule has 5 rings (SSSR count). The van der Waals surface area contributed by atoms with Crippen LogP contribution in [0.5, 0.6) is 0 Å². The summed E-state index contributed by atoms with van der Waals surface area (Å²) in [6.45, 7) is 50.2. The van der Waals surface area contributed by atoms with E-state index < -0.39 is 0 Å². The van der Waals surface area contributed by atoms with E-state index in [9.17, 15) is 0 Å². The molecule has 0 radical (unpaired) electrons. The topological polar surface area (TPSA) is 215 Å². The monoisotopic (exact) mass is 942 g/mol. The Bertz CT molecular complexity index is 1030. The maximum atomic E-state index is 5.88. The first-order valence-corrected chi connectivity index (χ1v) is 26.8. The molecule has 17 nitrogen and oxygen atoms in total. The lowest BCUT2D eigenvalue weighted by Crippen LogP contribution is -2.49. The zero-order valence-corrected chi connectivity index (χ0v) is 45.0. The number of rotatable bonds is 20. The molecule has 6 unspecified atom stereocenters. The Balaban J connectivity index is 0.000000415. The van der Waals surface area contributed by atoms with E-state index in [2.05, 4.69) is 112 Å². The highest BCUT2D eigenvalue weighted by Crippen LogP contribution is 2.08. The summed E-state index contributed by atoms with van der Waals surface area (Å²) < 4.78 is 0. The molecule has 17 heteroatoms. The van der Waals surface area contributed by atoms with Crippen molar-refractivity contribution in [3.63, 3.8) is 0 Å². The van der Waals surface area contributed by atoms with Crippen LogP contribution in [0, 0.1) is 11.8 Å². The Kier molecular flexibility index (Phi) is 37.4. The molecule has 0 aromatic heterocycles. The van der Waals surface area contributed by atoms with Crippen molar-refractivity contribution in [3.05, 3.63) is 0 Å². The van der Waals surface area contributed by atoms with Crippen LogP contribution in [0.3, 0.4) is 0 Å². The van der Waals surface area contributed by atoms with Gasteiger partial charge >= 0.3 is 0 Å². The Morgan fingerprint density at radius 1 is 0.379 bits per heavy atom. The van der Waals surface area contributed by atoms with Crippen molar-refractivity contribution in [1.82, 2.24) is 49.0 Å². The van der Waals surface area contributed by atoms with Gasteiger partial charge in [0, 0.05) is 188 Å². The summed E-state index contributed by atoms with van der Waals surface area (Å²) in [4.78, 5) is 24.7. The van der Waals surface area contributed by atoms with Crippen LogP contribution in [0.25, 0.3) is 0 Å². The molecule has 6 atom stereocenters. The van der Waals surface area contributed by atoms with Gasteiger partial charge in [0.2, 0.25) is 0 Å². The summed E-state index contributed by atoms with van der Waals surface area (Å²) in [6, 6.07) is 1.34. The molecule has 66 heavy (non-hydrogen) atoms. The van der Waals surface area contributed by atoms with Crippen molar-refractivity contribution in [2.45, 2.75) is 91.9 Å². The van der Waals surface area contributed by atoms with Crippen LogP contribution < -0.4 is 40.1 Å². The Morgan fingerprint density at radius 3 is 1.02 bits per heavy atom. The highest BCUT2D eigenvalue weighted by molar-refractivity contribution is 4.78. The lowest BCUT2D eigenvalue weighted by Gasteiger charge is -2.36. The van der Waals surface area contributed by atoms with E-state index in [4.69, 9.17) is 40.1 Å². The molecule has 14 N–H and O–H groups in total. The van der Waals surface area contributed by atoms with E-state index in [1.54, 1.807) is 0 Å². The smallest absolute Gasteiger partial charge is 0.0165 e. The second-order valence-electron chi connectivity index (χ2n) is 20.9. The molecule has 0 spiro atoms. The quantitative estimate of drug-likeness (QED) is 0.0781. The highest BCUT2D eigenvalue weighted by atomic mass is 15.3. The molecular weight excluding hydrogens is 827 g/mol. The third-order valence-electron chi connectivity index (χ3n) is 13.7. The first-order valence-electron chi connectivity index (χ1n) is 26.8. The first-order chi connectivity index (χ1) is 31.5. The number of piperazine rings is 5. The average Bonchev–Trinajstić information content (AvgIpc) is 3.30. The van der Waals surface area contributed by atoms with E-state index in [1.165, 1.54) is 137 Å². The van der Waals surface area contributed by atoms with Crippen LogP contribution >= 0.6 is 0 Å². The van der Waals surface area contributed by atoms with Gasteiger partial charge in [0.15, 0.2) is 0 Å². The van der Waals surface area contributed by atoms with Crippen molar-refractivity contribution in [2.75, 3.05) is 217 Å². The minimum absolute atomic E-state index is 0.318. The standard InChI is InChI=1S/C12H28N4.C11H26N4.2C9H21N3.C8H19N3/c1-11(7-13)9-15-3-5-16(6-4-15)10-12(2)8-14;1-11(13)3-6-15-9-7-14(8-10-15)5-2-4-12;1-3-9(10)8-12-6-4-11(2)5-7-12;1-3-11-4-6-12(7-5-11)8-9(2)10;1-8(9)7-11-5-3-10(2)4-6-11/h11-12H,3-10,13-14H2,1-2H3;11H,2-10,12-13H2,1H3;2*9H,3-8,10H2,1-2H3;8H,3-7,9H2,1-2H3. The average molecular weight is 943 g/mol. The number of nitrogens with two attached hydrogens (primary N) is 7. The molecule has 0 amide bonds. The molecule has 0 bridgehead atoms. The molecule has 5 aliphatic heterocycles. The van der Waals surface area contributed by atoms with E-state index in [0.717, 1.165) is 84.7 Å². The van der Waals surface area contributed by atoms with Crippen molar-refractivity contribution in [2.24, 2.45) is 52.0 Å². The lowest BCUT2D eigenvalue weighted by molar-refractivity contribution is 0.111. The maximum absolute atomic E-state index is 5.88. The highest BCUT2D eigenvalue weighted by Gasteiger charge is 2.20. The fourth-order valence-corrected chi connectivity index (χ4v) is 8.75. The molecule has 0 saturated carbocycles. The number of hydrogen-bond acceptors (Lipinski definition) is 17. The lowest BCUT2D eigenvalue weighted by atomic mass is 10.1. The van der Waals surface area contributed by atoms with Crippen LogP contribution in [0.1, 0.15) is 67.7 Å². The minimum Gasteiger partial charge on any atom is -0.330 e. The van der Waals surface area contributed by atoms with Crippen LogP contribution in [0.15, 0.2) is 0 Å². The third kappa shape index (κ3) is 33.0. The van der Waals surface area contributed by atoms with Gasteiger partial charge in [-0.15, -0.1) is 0 Å². The van der Waals surface area contributed by atoms with Gasteiger partial charge in [-0.25, -0.2) is 0 Å². The molecule has 0 aromatic rings. The van der Waals surface area contributed by atoms with Gasteiger partial charge in [0.25, 0.3) is 0 Å². The predicted molar refractivity (Wildman–Crippen MR) is 286 cm³/mol. The van der Waals surface area contributed by atoms with E-state index >= 15 is 0 Å². The minimum atomic E-state index is 0.318. The van der Waals surface area contributed by atoms with Crippen molar-refractivity contribution >= 4 is 0 Å². The molecule has 396 valence electrons. The Labute approximate surface area is 408 Å². The molecule has 0 aromatic carbocycles. The van der Waals surface area contributed by atoms with Gasteiger partial charge in [-0.3, -0.25) is 14.7 Å². The zero-order valence-electron chi connectivity index (χ0n) is 45.0. The van der Waals surface area contributed by atoms with Gasteiger partial charge < -0.3 is 74.4 Å². The van der Waals surface area contributed by atoms with Gasteiger partial charge in [-0.1, -0.05) is 27.7 Å². The molecule has 0 aliphatic carbocycles. The van der Waals surface area contributed by atoms with Crippen molar-refractivity contribution in [1.29, 1.82) is 0 Å². The van der Waals surface area contributed by atoms with Crippen LogP contribution in [-0.4, -0.2) is 290 Å². The summed E-state index contributed by atoms with van der Waals surface area (Å²) >= 11 is 0. The van der Waals surface area contributed by atoms with Gasteiger partial charge in [-0.05, 0) is 105 Å². The summed E-state index contributed by atoms with van der Waals surface area (Å²) in [6.07, 6.45) is 3.33. The van der Waals surface area contributed by atoms with Crippen LogP contribution in [-0.2, 0) is 0 Å². The summed E-state index contributed by atoms with van der Waals surface area (Å²) in [7, 11) is 4.35. The van der Waals surface area contributed by atoms with E-state index in [-0.39, 0.29) is 0 Å². The Morgan fingerprint density at radius 2 is 0.697 bits per heavy atom. The second kappa shape index (κ2) is 39.0. The number of nitrogens with zero attached hydrogens (tertiary/aromatic N) is 10. The van der Waals surface area contributed by atoms with Gasteiger partial charge in [0.1, 0.15) is 0 Å². The third-order valence-corrected chi connectivity index (χ3v) is 13.7. The SMILES string of the molecule is CC(CN)CN1CCN(CC(C)CN)CC1.CC(N)CCN1CCN(CCCN)CC1.CC(N)CN1CCN(C)CC1.CCC(N)CN1CCN(C)CC1.CCN1CCN(CC(C)N)CC1. The largest absolute Gasteiger partial charge is 0.330 e. The summed E-state index contributed by atoms with van der Waals surface area (Å²) in [5.41, 5.74) is 39.9. The number of hydrogen-bond donors (Lipinski definition) is 7. The fourth-order valence-electron chi connectivity index (χ4n) is 8.75. The summed E-state index contributed by atoms with van der Waals surface area (Å²) in [5.74, 6) is 1.24. The first kappa shape index (κ1) is 63.3. The molecular formula is C49H115N17. The Hall–Kier alpha value is -0.680. The van der Waals surface area contributed by atoms with E-state index in [0.29, 0.717) is 36.0 Å². The predicted octanol–water partition coefficient (Wildman–Crippen LogP) is -0.993. The van der Waals surface area contributed by atoms with Gasteiger partial charge in [0.05, 0.1) is 0 Å². The maximum Gasteiger partial charge on any atom is 0.0165 e. The van der Waals surface area contributed by atoms with Crippen LogP contribution in [0.4, 0.5) is 0 Å². The van der Waals surface area contributed by atoms with E-state index in [1.807, 2.05) is 0 Å².